The van der Waals surface area contributed by atoms with Gasteiger partial charge in [-0.05, 0) is 31.2 Å². The van der Waals surface area contributed by atoms with Crippen LogP contribution in [0.15, 0.2) is 24.3 Å². The number of piperidine rings is 1. The predicted molar refractivity (Wildman–Crippen MR) is 84.9 cm³/mol. The number of likely N-dealkylation sites (tertiary alicyclic amines) is 1. The molecule has 6 heteroatoms. The lowest BCUT2D eigenvalue weighted by Crippen LogP contribution is -2.47. The largest absolute Gasteiger partial charge is 0.339 e. The highest BCUT2D eigenvalue weighted by atomic mass is 32.2. The number of hydrogen-bond donors (Lipinski definition) is 1. The smallest absolute Gasteiger partial charge is 0.227 e. The summed E-state index contributed by atoms with van der Waals surface area (Å²) in [5.74, 6) is 0.400. The topological polar surface area (TPSA) is 66.5 Å². The van der Waals surface area contributed by atoms with Gasteiger partial charge in [-0.25, -0.2) is 13.1 Å². The molecule has 1 aromatic carbocycles. The number of nitrogens with zero attached hydrogens (tertiary/aromatic N) is 1. The van der Waals surface area contributed by atoms with Gasteiger partial charge in [0.2, 0.25) is 15.9 Å². The van der Waals surface area contributed by atoms with Crippen LogP contribution in [0, 0.1) is 12.8 Å². The Labute approximate surface area is 131 Å². The third-order valence-corrected chi connectivity index (χ3v) is 5.40. The Bertz CT molecular complexity index is 686. The van der Waals surface area contributed by atoms with E-state index in [9.17, 15) is 13.2 Å². The fourth-order valence-electron chi connectivity index (χ4n) is 3.78. The summed E-state index contributed by atoms with van der Waals surface area (Å²) >= 11 is 0. The summed E-state index contributed by atoms with van der Waals surface area (Å²) in [5.41, 5.74) is 2.20. The molecule has 0 radical (unpaired) electrons. The van der Waals surface area contributed by atoms with Gasteiger partial charge in [-0.15, -0.1) is 0 Å². The van der Waals surface area contributed by atoms with Gasteiger partial charge in [-0.3, -0.25) is 4.79 Å². The Morgan fingerprint density at radius 2 is 2.14 bits per heavy atom. The van der Waals surface area contributed by atoms with Crippen LogP contribution in [-0.4, -0.2) is 44.1 Å². The molecule has 2 fully saturated rings. The summed E-state index contributed by atoms with van der Waals surface area (Å²) in [6, 6.07) is 8.19. The summed E-state index contributed by atoms with van der Waals surface area (Å²) in [6.07, 6.45) is 3.26. The summed E-state index contributed by atoms with van der Waals surface area (Å²) < 4.78 is 25.4. The van der Waals surface area contributed by atoms with Crippen LogP contribution in [0.4, 0.5) is 0 Å². The van der Waals surface area contributed by atoms with E-state index in [2.05, 4.69) is 4.72 Å². The molecule has 1 saturated carbocycles. The number of fused-ring (bicyclic) bond motifs is 2. The first kappa shape index (κ1) is 15.5. The lowest BCUT2D eigenvalue weighted by Gasteiger charge is -2.31. The Morgan fingerprint density at radius 3 is 2.73 bits per heavy atom. The van der Waals surface area contributed by atoms with Gasteiger partial charge >= 0.3 is 0 Å². The van der Waals surface area contributed by atoms with Crippen LogP contribution in [0.1, 0.15) is 24.0 Å². The minimum Gasteiger partial charge on any atom is -0.339 e. The molecular formula is C16H22N2O3S. The Balaban J connectivity index is 1.61. The fraction of sp³-hybridized carbons (Fsp3) is 0.562. The molecule has 1 amide bonds. The molecule has 1 aliphatic heterocycles. The van der Waals surface area contributed by atoms with Crippen molar-refractivity contribution in [3.05, 3.63) is 35.4 Å². The van der Waals surface area contributed by atoms with Crippen LogP contribution < -0.4 is 4.72 Å². The summed E-state index contributed by atoms with van der Waals surface area (Å²) in [4.78, 5) is 14.4. The maximum atomic E-state index is 12.5. The minimum absolute atomic E-state index is 0.0111. The van der Waals surface area contributed by atoms with Crippen molar-refractivity contribution < 1.29 is 13.2 Å². The SMILES string of the molecule is Cc1cccc(CC(=O)N2CC3CC2CC3NS(C)(=O)=O)c1. The number of nitrogens with one attached hydrogen (secondary N) is 1. The quantitative estimate of drug-likeness (QED) is 0.902. The van der Waals surface area contributed by atoms with Crippen LogP contribution >= 0.6 is 0 Å². The van der Waals surface area contributed by atoms with Gasteiger partial charge in [0.15, 0.2) is 0 Å². The van der Waals surface area contributed by atoms with Gasteiger partial charge in [0, 0.05) is 18.6 Å². The van der Waals surface area contributed by atoms with E-state index in [1.165, 1.54) is 6.26 Å². The molecule has 1 aromatic rings. The standard InChI is InChI=1S/C16H22N2O3S/c1-11-4-3-5-12(6-11)7-16(19)18-10-13-8-14(18)9-15(13)17-22(2,20)21/h3-6,13-15,17H,7-10H2,1-2H3. The maximum Gasteiger partial charge on any atom is 0.227 e. The second-order valence-electron chi connectivity index (χ2n) is 6.59. The highest BCUT2D eigenvalue weighted by molar-refractivity contribution is 7.88. The molecule has 120 valence electrons. The van der Waals surface area contributed by atoms with Gasteiger partial charge in [0.25, 0.3) is 0 Å². The molecule has 22 heavy (non-hydrogen) atoms. The van der Waals surface area contributed by atoms with E-state index < -0.39 is 10.0 Å². The lowest BCUT2D eigenvalue weighted by atomic mass is 10.0. The normalized spacial score (nSPS) is 27.4. The first-order valence-corrected chi connectivity index (χ1v) is 9.53. The molecule has 1 heterocycles. The first-order chi connectivity index (χ1) is 10.3. The number of benzene rings is 1. The Morgan fingerprint density at radius 1 is 1.36 bits per heavy atom. The predicted octanol–water partition coefficient (Wildman–Crippen LogP) is 1.08. The van der Waals surface area contributed by atoms with Gasteiger partial charge in [-0.2, -0.15) is 0 Å². The monoisotopic (exact) mass is 322 g/mol. The highest BCUT2D eigenvalue weighted by Gasteiger charge is 2.46. The van der Waals surface area contributed by atoms with Crippen LogP contribution in [-0.2, 0) is 21.2 Å². The molecule has 0 spiro atoms. The van der Waals surface area contributed by atoms with Crippen molar-refractivity contribution in [2.45, 2.75) is 38.3 Å². The molecule has 1 aliphatic carbocycles. The number of aryl methyl sites for hydroxylation is 1. The van der Waals surface area contributed by atoms with Crippen molar-refractivity contribution in [2.24, 2.45) is 5.92 Å². The molecule has 3 unspecified atom stereocenters. The zero-order valence-electron chi connectivity index (χ0n) is 13.0. The van der Waals surface area contributed by atoms with E-state index in [0.29, 0.717) is 13.0 Å². The van der Waals surface area contributed by atoms with E-state index >= 15 is 0 Å². The zero-order valence-corrected chi connectivity index (χ0v) is 13.8. The number of amides is 1. The third-order valence-electron chi connectivity index (χ3n) is 4.67. The number of hydrogen-bond acceptors (Lipinski definition) is 3. The van der Waals surface area contributed by atoms with Crippen molar-refractivity contribution in [1.29, 1.82) is 0 Å². The van der Waals surface area contributed by atoms with Gasteiger partial charge in [0.1, 0.15) is 0 Å². The third kappa shape index (κ3) is 3.33. The maximum absolute atomic E-state index is 12.5. The molecule has 3 rings (SSSR count). The van der Waals surface area contributed by atoms with Crippen LogP contribution in [0.3, 0.4) is 0 Å². The molecule has 0 aromatic heterocycles. The fourth-order valence-corrected chi connectivity index (χ4v) is 4.62. The Hall–Kier alpha value is -1.40. The number of carbonyl (C=O) groups excluding carboxylic acids is 1. The molecule has 2 aliphatic rings. The van der Waals surface area contributed by atoms with E-state index in [1.807, 2.05) is 36.1 Å². The highest BCUT2D eigenvalue weighted by Crippen LogP contribution is 2.38. The summed E-state index contributed by atoms with van der Waals surface area (Å²) in [5, 5.41) is 0. The van der Waals surface area contributed by atoms with Crippen molar-refractivity contribution in [3.8, 4) is 0 Å². The molecule has 5 nitrogen and oxygen atoms in total. The summed E-state index contributed by atoms with van der Waals surface area (Å²) in [6.45, 7) is 2.69. The van der Waals surface area contributed by atoms with E-state index in [1.54, 1.807) is 0 Å². The van der Waals surface area contributed by atoms with Crippen LogP contribution in [0.2, 0.25) is 0 Å². The van der Waals surface area contributed by atoms with E-state index in [-0.39, 0.29) is 23.9 Å². The van der Waals surface area contributed by atoms with E-state index in [0.717, 1.165) is 24.0 Å². The zero-order chi connectivity index (χ0) is 15.9. The average Bonchev–Trinajstić information content (AvgIpc) is 2.96. The van der Waals surface area contributed by atoms with Crippen molar-refractivity contribution >= 4 is 15.9 Å². The van der Waals surface area contributed by atoms with Gasteiger partial charge in [-0.1, -0.05) is 29.8 Å². The van der Waals surface area contributed by atoms with Crippen LogP contribution in [0.25, 0.3) is 0 Å². The van der Waals surface area contributed by atoms with Gasteiger partial charge < -0.3 is 4.90 Å². The molecule has 3 atom stereocenters. The lowest BCUT2D eigenvalue weighted by molar-refractivity contribution is -0.132. The van der Waals surface area contributed by atoms with E-state index in [4.69, 9.17) is 0 Å². The van der Waals surface area contributed by atoms with Crippen molar-refractivity contribution in [1.82, 2.24) is 9.62 Å². The molecule has 2 bridgehead atoms. The second kappa shape index (κ2) is 5.66. The average molecular weight is 322 g/mol. The minimum atomic E-state index is -3.17. The summed E-state index contributed by atoms with van der Waals surface area (Å²) in [7, 11) is -3.17. The molecular weight excluding hydrogens is 300 g/mol. The Kier molecular flexibility index (Phi) is 3.99. The number of sulfonamides is 1. The van der Waals surface area contributed by atoms with Crippen molar-refractivity contribution in [3.63, 3.8) is 0 Å². The van der Waals surface area contributed by atoms with Gasteiger partial charge in [0.05, 0.1) is 12.7 Å². The second-order valence-corrected chi connectivity index (χ2v) is 8.37. The molecule has 1 saturated heterocycles. The van der Waals surface area contributed by atoms with Crippen LogP contribution in [0.5, 0.6) is 0 Å². The number of rotatable bonds is 4. The first-order valence-electron chi connectivity index (χ1n) is 7.64. The number of carbonyl (C=O) groups is 1. The molecule has 1 N–H and O–H groups in total. The van der Waals surface area contributed by atoms with Crippen molar-refractivity contribution in [2.75, 3.05) is 12.8 Å².